The lowest BCUT2D eigenvalue weighted by atomic mass is 9.91. The third-order valence-corrected chi connectivity index (χ3v) is 10.6. The molecule has 4 nitrogen and oxygen atoms in total. The zero-order chi connectivity index (χ0) is 36.2. The second-order valence-electron chi connectivity index (χ2n) is 13.6. The molecule has 0 bridgehead atoms. The van der Waals surface area contributed by atoms with Crippen molar-refractivity contribution in [3.8, 4) is 12.1 Å². The van der Waals surface area contributed by atoms with Crippen LogP contribution >= 0.6 is 0 Å². The maximum atomic E-state index is 9.64. The van der Waals surface area contributed by atoms with E-state index < -0.39 is 0 Å². The molecule has 0 heterocycles. The molecule has 0 spiro atoms. The number of anilines is 6. The second kappa shape index (κ2) is 12.5. The van der Waals surface area contributed by atoms with E-state index in [-0.39, 0.29) is 0 Å². The first kappa shape index (κ1) is 31.1. The molecule has 10 rings (SSSR count). The van der Waals surface area contributed by atoms with E-state index in [4.69, 9.17) is 0 Å². The van der Waals surface area contributed by atoms with E-state index in [2.05, 4.69) is 155 Å². The smallest absolute Gasteiger partial charge is 0.0991 e. The Kier molecular flexibility index (Phi) is 7.22. The molecule has 250 valence electrons. The minimum Gasteiger partial charge on any atom is -0.309 e. The van der Waals surface area contributed by atoms with Gasteiger partial charge in [0.15, 0.2) is 0 Å². The van der Waals surface area contributed by atoms with Crippen LogP contribution in [0, 0.1) is 22.7 Å². The topological polar surface area (TPSA) is 54.1 Å². The summed E-state index contributed by atoms with van der Waals surface area (Å²) in [5.41, 5.74) is 7.44. The fourth-order valence-electron chi connectivity index (χ4n) is 8.15. The van der Waals surface area contributed by atoms with Crippen molar-refractivity contribution in [2.75, 3.05) is 9.80 Å². The van der Waals surface area contributed by atoms with Crippen LogP contribution in [-0.4, -0.2) is 0 Å². The van der Waals surface area contributed by atoms with E-state index >= 15 is 0 Å². The SMILES string of the molecule is N#Cc1ccc(N(c2cccc3ccccc23)c2ccc3ccc4c(N(c5ccc(C#N)cc5)c5cccc6ccccc56)ccc5ccc2c3c54)cc1. The zero-order valence-corrected chi connectivity index (χ0v) is 29.1. The van der Waals surface area contributed by atoms with Crippen LogP contribution in [0.3, 0.4) is 0 Å². The highest BCUT2D eigenvalue weighted by Gasteiger charge is 2.23. The number of nitriles is 2. The van der Waals surface area contributed by atoms with Gasteiger partial charge in [0.05, 0.1) is 46.0 Å². The van der Waals surface area contributed by atoms with Crippen LogP contribution in [-0.2, 0) is 0 Å². The zero-order valence-electron chi connectivity index (χ0n) is 29.1. The second-order valence-corrected chi connectivity index (χ2v) is 13.6. The van der Waals surface area contributed by atoms with Crippen LogP contribution in [0.1, 0.15) is 11.1 Å². The van der Waals surface area contributed by atoms with Gasteiger partial charge in [0, 0.05) is 32.9 Å². The summed E-state index contributed by atoms with van der Waals surface area (Å²) in [7, 11) is 0. The van der Waals surface area contributed by atoms with Crippen molar-refractivity contribution in [2.24, 2.45) is 0 Å². The van der Waals surface area contributed by atoms with Crippen molar-refractivity contribution in [3.63, 3.8) is 0 Å². The van der Waals surface area contributed by atoms with Crippen molar-refractivity contribution < 1.29 is 0 Å². The normalized spacial score (nSPS) is 11.3. The molecule has 0 saturated carbocycles. The van der Waals surface area contributed by atoms with Gasteiger partial charge in [-0.05, 0) is 105 Å². The molecule has 0 amide bonds. The molecule has 4 heteroatoms. The average molecular weight is 687 g/mol. The molecular formula is C50H30N4. The summed E-state index contributed by atoms with van der Waals surface area (Å²) >= 11 is 0. The fraction of sp³-hybridized carbons (Fsp3) is 0. The number of rotatable bonds is 6. The molecule has 0 aliphatic rings. The van der Waals surface area contributed by atoms with Gasteiger partial charge in [0.1, 0.15) is 0 Å². The molecule has 0 unspecified atom stereocenters. The summed E-state index contributed by atoms with van der Waals surface area (Å²) in [5.74, 6) is 0. The summed E-state index contributed by atoms with van der Waals surface area (Å²) in [6.45, 7) is 0. The van der Waals surface area contributed by atoms with Gasteiger partial charge in [-0.1, -0.05) is 109 Å². The first-order chi connectivity index (χ1) is 26.7. The van der Waals surface area contributed by atoms with E-state index in [1.165, 1.54) is 10.8 Å². The maximum Gasteiger partial charge on any atom is 0.0991 e. The van der Waals surface area contributed by atoms with Gasteiger partial charge >= 0.3 is 0 Å². The molecule has 0 saturated heterocycles. The Morgan fingerprint density at radius 3 is 1.09 bits per heavy atom. The van der Waals surface area contributed by atoms with Gasteiger partial charge in [-0.25, -0.2) is 0 Å². The lowest BCUT2D eigenvalue weighted by molar-refractivity contribution is 1.31. The van der Waals surface area contributed by atoms with Gasteiger partial charge < -0.3 is 9.80 Å². The highest BCUT2D eigenvalue weighted by molar-refractivity contribution is 6.28. The quantitative estimate of drug-likeness (QED) is 0.163. The van der Waals surface area contributed by atoms with Crippen molar-refractivity contribution in [3.05, 3.63) is 193 Å². The minimum atomic E-state index is 0.623. The molecular weight excluding hydrogens is 657 g/mol. The predicted molar refractivity (Wildman–Crippen MR) is 224 cm³/mol. The molecule has 0 N–H and O–H groups in total. The molecule has 0 atom stereocenters. The predicted octanol–water partition coefficient (Wildman–Crippen LogP) is 13.6. The lowest BCUT2D eigenvalue weighted by Crippen LogP contribution is -2.12. The van der Waals surface area contributed by atoms with Crippen LogP contribution in [0.4, 0.5) is 34.1 Å². The molecule has 10 aromatic carbocycles. The van der Waals surface area contributed by atoms with E-state index in [0.29, 0.717) is 11.1 Å². The van der Waals surface area contributed by atoms with E-state index in [1.807, 2.05) is 48.5 Å². The number of fused-ring (bicyclic) bond motifs is 2. The van der Waals surface area contributed by atoms with Gasteiger partial charge in [-0.2, -0.15) is 10.5 Å². The molecule has 0 aromatic heterocycles. The summed E-state index contributed by atoms with van der Waals surface area (Å²) in [6, 6.07) is 68.0. The van der Waals surface area contributed by atoms with Gasteiger partial charge in [-0.3, -0.25) is 0 Å². The van der Waals surface area contributed by atoms with Crippen molar-refractivity contribution >= 4 is 88.0 Å². The Bertz CT molecular complexity index is 2910. The first-order valence-corrected chi connectivity index (χ1v) is 18.0. The largest absolute Gasteiger partial charge is 0.309 e. The number of benzene rings is 10. The monoisotopic (exact) mass is 686 g/mol. The van der Waals surface area contributed by atoms with Crippen molar-refractivity contribution in [2.45, 2.75) is 0 Å². The summed E-state index contributed by atoms with van der Waals surface area (Å²) in [6.07, 6.45) is 0. The van der Waals surface area contributed by atoms with Crippen molar-refractivity contribution in [1.29, 1.82) is 10.5 Å². The lowest BCUT2D eigenvalue weighted by Gasteiger charge is -2.30. The van der Waals surface area contributed by atoms with E-state index in [9.17, 15) is 10.5 Å². The van der Waals surface area contributed by atoms with Gasteiger partial charge in [-0.15, -0.1) is 0 Å². The standard InChI is InChI=1S/C50H30N4/c51-31-33-15-23-39(24-16-33)53(45-13-5-9-35-7-1-3-11-41(35)45)47-29-21-37-20-28-44-48(30-22-38-19-27-43(47)49(37)50(38)44)54(40-25-17-34(32-52)18-26-40)46-14-6-10-36-8-2-4-12-42(36)46/h1-30H. The third-order valence-electron chi connectivity index (χ3n) is 10.6. The van der Waals surface area contributed by atoms with Crippen LogP contribution in [0.2, 0.25) is 0 Å². The number of hydrogen-bond donors (Lipinski definition) is 0. The molecule has 0 aliphatic carbocycles. The maximum absolute atomic E-state index is 9.64. The average Bonchev–Trinajstić information content (AvgIpc) is 3.24. The van der Waals surface area contributed by atoms with Crippen molar-refractivity contribution in [1.82, 2.24) is 0 Å². The Balaban J connectivity index is 1.26. The Labute approximate surface area is 312 Å². The third kappa shape index (κ3) is 4.90. The Hall–Kier alpha value is -7.66. The highest BCUT2D eigenvalue weighted by Crippen LogP contribution is 2.49. The Morgan fingerprint density at radius 1 is 0.296 bits per heavy atom. The number of nitrogens with zero attached hydrogens (tertiary/aromatic N) is 4. The van der Waals surface area contributed by atoms with E-state index in [1.54, 1.807) is 0 Å². The molecule has 10 aromatic rings. The fourth-order valence-corrected chi connectivity index (χ4v) is 8.15. The Morgan fingerprint density at radius 2 is 0.667 bits per heavy atom. The molecule has 54 heavy (non-hydrogen) atoms. The molecule has 0 radical (unpaired) electrons. The van der Waals surface area contributed by atoms with E-state index in [0.717, 1.165) is 77.2 Å². The molecule has 0 fully saturated rings. The number of hydrogen-bond acceptors (Lipinski definition) is 4. The van der Waals surface area contributed by atoms with Crippen LogP contribution in [0.5, 0.6) is 0 Å². The summed E-state index contributed by atoms with van der Waals surface area (Å²) in [4.78, 5) is 4.66. The summed E-state index contributed by atoms with van der Waals surface area (Å²) < 4.78 is 0. The first-order valence-electron chi connectivity index (χ1n) is 18.0. The van der Waals surface area contributed by atoms with Crippen LogP contribution in [0.15, 0.2) is 182 Å². The summed E-state index contributed by atoms with van der Waals surface area (Å²) in [5, 5.41) is 30.9. The highest BCUT2D eigenvalue weighted by atomic mass is 15.2. The van der Waals surface area contributed by atoms with Crippen LogP contribution in [0.25, 0.3) is 53.9 Å². The van der Waals surface area contributed by atoms with Gasteiger partial charge in [0.2, 0.25) is 0 Å². The van der Waals surface area contributed by atoms with Crippen LogP contribution < -0.4 is 9.80 Å². The van der Waals surface area contributed by atoms with Gasteiger partial charge in [0.25, 0.3) is 0 Å². The molecule has 0 aliphatic heterocycles. The minimum absolute atomic E-state index is 0.623.